The molecule has 3 rings (SSSR count). The van der Waals surface area contributed by atoms with Gasteiger partial charge in [0.15, 0.2) is 0 Å². The number of hydrogen-bond acceptors (Lipinski definition) is 2. The van der Waals surface area contributed by atoms with Crippen LogP contribution in [0.15, 0.2) is 42.5 Å². The van der Waals surface area contributed by atoms with Gasteiger partial charge in [0.1, 0.15) is 5.82 Å². The number of amides is 1. The summed E-state index contributed by atoms with van der Waals surface area (Å²) in [6, 6.07) is 11.7. The maximum atomic E-state index is 13.4. The second-order valence-corrected chi connectivity index (χ2v) is 6.66. The first-order valence-electron chi connectivity index (χ1n) is 8.22. The monoisotopic (exact) mass is 371 g/mol. The summed E-state index contributed by atoms with van der Waals surface area (Å²) < 4.78 is 15.2. The summed E-state index contributed by atoms with van der Waals surface area (Å²) in [6.07, 6.45) is 0.168. The van der Waals surface area contributed by atoms with E-state index < -0.39 is 0 Å². The molecule has 0 aliphatic heterocycles. The zero-order valence-corrected chi connectivity index (χ0v) is 15.6. The summed E-state index contributed by atoms with van der Waals surface area (Å²) in [5, 5.41) is 7.97. The molecule has 1 aromatic heterocycles. The Labute approximate surface area is 156 Å². The van der Waals surface area contributed by atoms with Crippen molar-refractivity contribution in [3.05, 3.63) is 75.8 Å². The number of aromatic nitrogens is 2. The van der Waals surface area contributed by atoms with Crippen LogP contribution in [-0.4, -0.2) is 15.7 Å². The summed E-state index contributed by atoms with van der Waals surface area (Å²) >= 11 is 5.94. The number of nitrogens with zero attached hydrogens (tertiary/aromatic N) is 2. The molecular weight excluding hydrogens is 353 g/mol. The molecule has 0 saturated carbocycles. The van der Waals surface area contributed by atoms with Crippen LogP contribution >= 0.6 is 11.6 Å². The lowest BCUT2D eigenvalue weighted by atomic mass is 10.1. The van der Waals surface area contributed by atoms with Crippen LogP contribution in [0.25, 0.3) is 5.69 Å². The van der Waals surface area contributed by atoms with Crippen LogP contribution in [0.1, 0.15) is 22.5 Å². The SMILES string of the molecule is Cc1ccc(F)cc1NC(=O)Cc1c(C)nn(-c2ccc(Cl)cc2)c1C. The minimum Gasteiger partial charge on any atom is -0.325 e. The fourth-order valence-electron chi connectivity index (χ4n) is 2.85. The molecule has 0 spiro atoms. The molecule has 0 bridgehead atoms. The quantitative estimate of drug-likeness (QED) is 0.718. The highest BCUT2D eigenvalue weighted by Crippen LogP contribution is 2.21. The second kappa shape index (κ2) is 7.30. The zero-order valence-electron chi connectivity index (χ0n) is 14.8. The zero-order chi connectivity index (χ0) is 18.8. The Morgan fingerprint density at radius 1 is 1.15 bits per heavy atom. The number of halogens is 2. The predicted molar refractivity (Wildman–Crippen MR) is 102 cm³/mol. The van der Waals surface area contributed by atoms with Crippen molar-refractivity contribution in [2.45, 2.75) is 27.2 Å². The first kappa shape index (κ1) is 18.1. The van der Waals surface area contributed by atoms with Crippen molar-refractivity contribution in [3.8, 4) is 5.69 Å². The van der Waals surface area contributed by atoms with Crippen molar-refractivity contribution in [2.24, 2.45) is 0 Å². The second-order valence-electron chi connectivity index (χ2n) is 6.22. The third-order valence-electron chi connectivity index (χ3n) is 4.32. The van der Waals surface area contributed by atoms with E-state index in [2.05, 4.69) is 10.4 Å². The average molecular weight is 372 g/mol. The van der Waals surface area contributed by atoms with E-state index in [1.807, 2.05) is 32.9 Å². The first-order chi connectivity index (χ1) is 12.3. The minimum atomic E-state index is -0.381. The Morgan fingerprint density at radius 3 is 2.54 bits per heavy atom. The molecule has 0 radical (unpaired) electrons. The number of hydrogen-bond donors (Lipinski definition) is 1. The van der Waals surface area contributed by atoms with Gasteiger partial charge in [0.25, 0.3) is 0 Å². The number of rotatable bonds is 4. The van der Waals surface area contributed by atoms with Gasteiger partial charge in [-0.1, -0.05) is 17.7 Å². The van der Waals surface area contributed by atoms with E-state index in [-0.39, 0.29) is 18.1 Å². The molecule has 0 atom stereocenters. The van der Waals surface area contributed by atoms with Gasteiger partial charge in [0, 0.05) is 22.0 Å². The highest BCUT2D eigenvalue weighted by Gasteiger charge is 2.16. The number of benzene rings is 2. The van der Waals surface area contributed by atoms with E-state index >= 15 is 0 Å². The molecule has 4 nitrogen and oxygen atoms in total. The Hall–Kier alpha value is -2.66. The van der Waals surface area contributed by atoms with Gasteiger partial charge in [-0.3, -0.25) is 4.79 Å². The van der Waals surface area contributed by atoms with Gasteiger partial charge >= 0.3 is 0 Å². The lowest BCUT2D eigenvalue weighted by molar-refractivity contribution is -0.115. The molecule has 0 aliphatic carbocycles. The van der Waals surface area contributed by atoms with Crippen molar-refractivity contribution in [1.29, 1.82) is 0 Å². The van der Waals surface area contributed by atoms with E-state index in [9.17, 15) is 9.18 Å². The summed E-state index contributed by atoms with van der Waals surface area (Å²) in [5.41, 5.74) is 4.69. The Balaban J connectivity index is 1.82. The molecule has 0 aliphatic rings. The van der Waals surface area contributed by atoms with Crippen LogP contribution in [0.3, 0.4) is 0 Å². The number of anilines is 1. The molecule has 3 aromatic rings. The largest absolute Gasteiger partial charge is 0.325 e. The molecule has 1 amide bonds. The molecule has 1 heterocycles. The number of carbonyl (C=O) groups is 1. The Kier molecular flexibility index (Phi) is 5.09. The molecule has 0 fully saturated rings. The predicted octanol–water partition coefficient (Wildman–Crippen LogP) is 4.77. The summed E-state index contributed by atoms with van der Waals surface area (Å²) in [7, 11) is 0. The fourth-order valence-corrected chi connectivity index (χ4v) is 2.97. The third-order valence-corrected chi connectivity index (χ3v) is 4.58. The molecule has 26 heavy (non-hydrogen) atoms. The van der Waals surface area contributed by atoms with Crippen molar-refractivity contribution >= 4 is 23.2 Å². The van der Waals surface area contributed by atoms with Crippen molar-refractivity contribution in [3.63, 3.8) is 0 Å². The van der Waals surface area contributed by atoms with E-state index in [4.69, 9.17) is 11.6 Å². The maximum Gasteiger partial charge on any atom is 0.228 e. The van der Waals surface area contributed by atoms with Gasteiger partial charge < -0.3 is 5.32 Å². The Morgan fingerprint density at radius 2 is 1.85 bits per heavy atom. The smallest absolute Gasteiger partial charge is 0.228 e. The molecule has 134 valence electrons. The van der Waals surface area contributed by atoms with Gasteiger partial charge in [0.05, 0.1) is 17.8 Å². The number of carbonyl (C=O) groups excluding carboxylic acids is 1. The van der Waals surface area contributed by atoms with Crippen LogP contribution < -0.4 is 5.32 Å². The molecular formula is C20H19ClFN3O. The lowest BCUT2D eigenvalue weighted by Crippen LogP contribution is -2.16. The van der Waals surface area contributed by atoms with Crippen molar-refractivity contribution in [1.82, 2.24) is 9.78 Å². The first-order valence-corrected chi connectivity index (χ1v) is 8.60. The van der Waals surface area contributed by atoms with E-state index in [0.29, 0.717) is 10.7 Å². The molecule has 2 aromatic carbocycles. The summed E-state index contributed by atoms with van der Waals surface area (Å²) in [5.74, 6) is -0.589. The maximum absolute atomic E-state index is 13.4. The van der Waals surface area contributed by atoms with Gasteiger partial charge in [-0.25, -0.2) is 9.07 Å². The van der Waals surface area contributed by atoms with Crippen LogP contribution in [-0.2, 0) is 11.2 Å². The van der Waals surface area contributed by atoms with Crippen molar-refractivity contribution < 1.29 is 9.18 Å². The van der Waals surface area contributed by atoms with Crippen LogP contribution in [0.4, 0.5) is 10.1 Å². The topological polar surface area (TPSA) is 46.9 Å². The third kappa shape index (κ3) is 3.78. The van der Waals surface area contributed by atoms with Gasteiger partial charge in [-0.2, -0.15) is 5.10 Å². The average Bonchev–Trinajstić information content (AvgIpc) is 2.87. The normalized spacial score (nSPS) is 10.8. The summed E-state index contributed by atoms with van der Waals surface area (Å²) in [6.45, 7) is 5.62. The lowest BCUT2D eigenvalue weighted by Gasteiger charge is -2.09. The van der Waals surface area contributed by atoms with Gasteiger partial charge in [-0.15, -0.1) is 0 Å². The van der Waals surface area contributed by atoms with E-state index in [1.165, 1.54) is 12.1 Å². The number of nitrogens with one attached hydrogen (secondary N) is 1. The highest BCUT2D eigenvalue weighted by molar-refractivity contribution is 6.30. The number of aryl methyl sites for hydroxylation is 2. The van der Waals surface area contributed by atoms with Crippen LogP contribution in [0.5, 0.6) is 0 Å². The van der Waals surface area contributed by atoms with E-state index in [1.54, 1.807) is 22.9 Å². The van der Waals surface area contributed by atoms with Gasteiger partial charge in [-0.05, 0) is 62.7 Å². The van der Waals surface area contributed by atoms with Gasteiger partial charge in [0.2, 0.25) is 5.91 Å². The molecule has 0 saturated heterocycles. The van der Waals surface area contributed by atoms with Crippen molar-refractivity contribution in [2.75, 3.05) is 5.32 Å². The Bertz CT molecular complexity index is 964. The molecule has 1 N–H and O–H groups in total. The summed E-state index contributed by atoms with van der Waals surface area (Å²) in [4.78, 5) is 12.5. The molecule has 0 unspecified atom stereocenters. The molecule has 6 heteroatoms. The minimum absolute atomic E-state index is 0.168. The fraction of sp³-hybridized carbons (Fsp3) is 0.200. The standard InChI is InChI=1S/C20H19ClFN3O/c1-12-4-7-16(22)10-19(12)23-20(26)11-18-13(2)24-25(14(18)3)17-8-5-15(21)6-9-17/h4-10H,11H2,1-3H3,(H,23,26). The van der Waals surface area contributed by atoms with Crippen LogP contribution in [0, 0.1) is 26.6 Å². The highest BCUT2D eigenvalue weighted by atomic mass is 35.5. The van der Waals surface area contributed by atoms with Crippen LogP contribution in [0.2, 0.25) is 5.02 Å². The van der Waals surface area contributed by atoms with E-state index in [0.717, 1.165) is 28.2 Å².